The van der Waals surface area contributed by atoms with E-state index in [4.69, 9.17) is 20.0 Å². The maximum absolute atomic E-state index is 13.1. The maximum atomic E-state index is 13.1. The number of fused-ring (bicyclic) bond motifs is 1. The first-order valence-electron chi connectivity index (χ1n) is 11.3. The molecular formula is C23H29N5O7S2. The number of β-lactam (4-membered cyclic amide) rings is 1. The molecule has 0 bridgehead atoms. The molecule has 0 saturated carbocycles. The van der Waals surface area contributed by atoms with Gasteiger partial charge in [-0.3, -0.25) is 19.3 Å². The number of oxime groups is 1. The smallest absolute Gasteiger partial charge is 0.358 e. The zero-order chi connectivity index (χ0) is 27.3. The fourth-order valence-corrected chi connectivity index (χ4v) is 5.21. The van der Waals surface area contributed by atoms with Crippen molar-refractivity contribution in [3.63, 3.8) is 0 Å². The molecule has 0 radical (unpaired) electrons. The van der Waals surface area contributed by atoms with Crippen LogP contribution in [0.3, 0.4) is 0 Å². The summed E-state index contributed by atoms with van der Waals surface area (Å²) in [5.41, 5.74) is 5.61. The fourth-order valence-electron chi connectivity index (χ4n) is 3.34. The molecule has 14 heteroatoms. The zero-order valence-corrected chi connectivity index (χ0v) is 22.7. The predicted molar refractivity (Wildman–Crippen MR) is 138 cm³/mol. The van der Waals surface area contributed by atoms with Gasteiger partial charge in [0.05, 0.1) is 5.41 Å². The van der Waals surface area contributed by atoms with Crippen LogP contribution in [-0.4, -0.2) is 70.4 Å². The van der Waals surface area contributed by atoms with E-state index in [1.54, 1.807) is 32.2 Å². The average molecular weight is 552 g/mol. The van der Waals surface area contributed by atoms with Crippen LogP contribution in [0, 0.1) is 5.41 Å². The zero-order valence-electron chi connectivity index (χ0n) is 21.1. The third-order valence-electron chi connectivity index (χ3n) is 5.19. The summed E-state index contributed by atoms with van der Waals surface area (Å²) in [6.45, 7) is 6.38. The van der Waals surface area contributed by atoms with E-state index < -0.39 is 47.4 Å². The van der Waals surface area contributed by atoms with Gasteiger partial charge in [0.15, 0.2) is 10.8 Å². The first-order valence-corrected chi connectivity index (χ1v) is 13.2. The highest BCUT2D eigenvalue weighted by molar-refractivity contribution is 8.00. The van der Waals surface area contributed by atoms with Crippen LogP contribution in [-0.2, 0) is 33.5 Å². The topological polar surface area (TPSA) is 163 Å². The van der Waals surface area contributed by atoms with Crippen molar-refractivity contribution in [1.29, 1.82) is 0 Å². The third kappa shape index (κ3) is 6.31. The second-order valence-corrected chi connectivity index (χ2v) is 11.0. The van der Waals surface area contributed by atoms with E-state index >= 15 is 0 Å². The molecule has 2 aliphatic rings. The minimum absolute atomic E-state index is 0.0498. The van der Waals surface area contributed by atoms with Gasteiger partial charge in [0.1, 0.15) is 29.9 Å². The summed E-state index contributed by atoms with van der Waals surface area (Å²) in [6.07, 6.45) is 4.34. The van der Waals surface area contributed by atoms with Gasteiger partial charge in [0.25, 0.3) is 11.8 Å². The largest absolute Gasteiger partial charge is 0.427 e. The van der Waals surface area contributed by atoms with Crippen LogP contribution in [0.25, 0.3) is 0 Å². The van der Waals surface area contributed by atoms with Gasteiger partial charge in [-0.1, -0.05) is 24.2 Å². The number of amides is 2. The van der Waals surface area contributed by atoms with Crippen LogP contribution in [0.5, 0.6) is 0 Å². The molecule has 200 valence electrons. The number of allylic oxidation sites excluding steroid dienone is 2. The van der Waals surface area contributed by atoms with Gasteiger partial charge in [-0.15, -0.1) is 23.1 Å². The molecule has 1 unspecified atom stereocenters. The number of nitrogens with one attached hydrogen (secondary N) is 1. The van der Waals surface area contributed by atoms with Crippen LogP contribution < -0.4 is 11.1 Å². The summed E-state index contributed by atoms with van der Waals surface area (Å²) in [4.78, 5) is 61.2. The van der Waals surface area contributed by atoms with E-state index in [2.05, 4.69) is 15.5 Å². The van der Waals surface area contributed by atoms with Crippen molar-refractivity contribution in [3.05, 3.63) is 34.5 Å². The standard InChI is InChI=1S/C23H29N5O7S2/c1-6-7-8-12-9-36-19-15(26-17(29)14(27-33-5)13-10-37-22(24)25-13)18(30)28(19)16(12)20(31)34-11-35-21(32)23(2,3)4/h7-8,10,15,19H,6,9,11H2,1-5H3,(H2,24,25)(H,26,29)/b8-7-,27-14+/t15?,19-/m1/s1. The number of nitrogens with two attached hydrogens (primary N) is 1. The molecule has 0 aromatic carbocycles. The lowest BCUT2D eigenvalue weighted by atomic mass is 9.98. The number of anilines is 1. The monoisotopic (exact) mass is 551 g/mol. The van der Waals surface area contributed by atoms with Gasteiger partial charge >= 0.3 is 11.9 Å². The van der Waals surface area contributed by atoms with Crippen molar-refractivity contribution in [2.45, 2.75) is 45.5 Å². The van der Waals surface area contributed by atoms with E-state index in [0.717, 1.165) is 17.8 Å². The highest BCUT2D eigenvalue weighted by atomic mass is 32.2. The molecule has 3 N–H and O–H groups in total. The quantitative estimate of drug-likeness (QED) is 0.152. The Labute approximate surface area is 222 Å². The van der Waals surface area contributed by atoms with E-state index in [1.807, 2.05) is 13.0 Å². The molecule has 1 aromatic heterocycles. The number of ether oxygens (including phenoxy) is 2. The molecule has 3 heterocycles. The number of thiazole rings is 1. The van der Waals surface area contributed by atoms with Crippen LogP contribution in [0.1, 0.15) is 39.8 Å². The van der Waals surface area contributed by atoms with Crippen molar-refractivity contribution >= 4 is 57.7 Å². The average Bonchev–Trinajstić information content (AvgIpc) is 3.28. The normalized spacial score (nSPS) is 19.9. The number of hydrogen-bond donors (Lipinski definition) is 2. The Morgan fingerprint density at radius 3 is 2.65 bits per heavy atom. The van der Waals surface area contributed by atoms with E-state index in [-0.39, 0.29) is 22.2 Å². The van der Waals surface area contributed by atoms with Gasteiger partial charge in [-0.2, -0.15) is 0 Å². The number of nitrogens with zero attached hydrogens (tertiary/aromatic N) is 3. The summed E-state index contributed by atoms with van der Waals surface area (Å²) in [5.74, 6) is -2.12. The summed E-state index contributed by atoms with van der Waals surface area (Å²) in [7, 11) is 1.28. The lowest BCUT2D eigenvalue weighted by Gasteiger charge is -2.49. The number of carbonyl (C=O) groups excluding carboxylic acids is 4. The number of hydrogen-bond acceptors (Lipinski definition) is 12. The highest BCUT2D eigenvalue weighted by Crippen LogP contribution is 2.41. The Kier molecular flexibility index (Phi) is 8.97. The SMILES string of the molecule is CC/C=C\C1=C(C(=O)OCOC(=O)C(C)(C)C)N2C(=O)C(NC(=O)/C(=N/OC)c3csc(N)n3)[C@H]2SC1. The number of esters is 2. The Balaban J connectivity index is 1.76. The van der Waals surface area contributed by atoms with Gasteiger partial charge in [-0.05, 0) is 32.8 Å². The third-order valence-corrected chi connectivity index (χ3v) is 7.16. The van der Waals surface area contributed by atoms with Crippen LogP contribution in [0.15, 0.2) is 34.0 Å². The lowest BCUT2D eigenvalue weighted by Crippen LogP contribution is -2.71. The van der Waals surface area contributed by atoms with E-state index in [1.165, 1.54) is 23.8 Å². The lowest BCUT2D eigenvalue weighted by molar-refractivity contribution is -0.173. The Morgan fingerprint density at radius 1 is 1.32 bits per heavy atom. The summed E-state index contributed by atoms with van der Waals surface area (Å²) in [6, 6.07) is -0.922. The molecule has 1 saturated heterocycles. The molecule has 1 fully saturated rings. The van der Waals surface area contributed by atoms with Crippen LogP contribution >= 0.6 is 23.1 Å². The van der Waals surface area contributed by atoms with Crippen molar-refractivity contribution in [1.82, 2.24) is 15.2 Å². The van der Waals surface area contributed by atoms with Crippen LogP contribution in [0.4, 0.5) is 5.13 Å². The predicted octanol–water partition coefficient (Wildman–Crippen LogP) is 1.79. The van der Waals surface area contributed by atoms with Crippen molar-refractivity contribution < 1.29 is 33.5 Å². The Bertz CT molecular complexity index is 1170. The Hall–Kier alpha value is -3.39. The molecule has 37 heavy (non-hydrogen) atoms. The number of carbonyl (C=O) groups is 4. The number of aromatic nitrogens is 1. The first kappa shape index (κ1) is 28.2. The second-order valence-electron chi connectivity index (χ2n) is 8.97. The summed E-state index contributed by atoms with van der Waals surface area (Å²) >= 11 is 2.52. The number of nitrogen functional groups attached to an aromatic ring is 1. The number of rotatable bonds is 9. The summed E-state index contributed by atoms with van der Waals surface area (Å²) in [5, 5.41) is 7.62. The van der Waals surface area contributed by atoms with Gasteiger partial charge in [-0.25, -0.2) is 9.78 Å². The minimum atomic E-state index is -0.922. The molecular weight excluding hydrogens is 522 g/mol. The molecule has 2 amide bonds. The van der Waals surface area contributed by atoms with Gasteiger partial charge < -0.3 is 25.4 Å². The van der Waals surface area contributed by atoms with Gasteiger partial charge in [0, 0.05) is 11.1 Å². The number of thioether (sulfide) groups is 1. The minimum Gasteiger partial charge on any atom is -0.427 e. The second kappa shape index (κ2) is 11.8. The molecule has 3 rings (SSSR count). The molecule has 12 nitrogen and oxygen atoms in total. The van der Waals surface area contributed by atoms with Crippen molar-refractivity contribution in [2.75, 3.05) is 25.4 Å². The van der Waals surface area contributed by atoms with Crippen LogP contribution in [0.2, 0.25) is 0 Å². The summed E-state index contributed by atoms with van der Waals surface area (Å²) < 4.78 is 10.2. The fraction of sp³-hybridized carbons (Fsp3) is 0.478. The molecule has 2 atom stereocenters. The highest BCUT2D eigenvalue weighted by Gasteiger charge is 2.54. The van der Waals surface area contributed by atoms with Crippen molar-refractivity contribution in [2.24, 2.45) is 10.6 Å². The first-order chi connectivity index (χ1) is 17.5. The molecule has 1 aromatic rings. The maximum Gasteiger partial charge on any atom is 0.358 e. The molecule has 0 aliphatic carbocycles. The van der Waals surface area contributed by atoms with Crippen molar-refractivity contribution in [3.8, 4) is 0 Å². The van der Waals surface area contributed by atoms with E-state index in [0.29, 0.717) is 11.3 Å². The Morgan fingerprint density at radius 2 is 2.05 bits per heavy atom. The van der Waals surface area contributed by atoms with Gasteiger partial charge in [0.2, 0.25) is 6.79 Å². The molecule has 2 aliphatic heterocycles. The van der Waals surface area contributed by atoms with E-state index in [9.17, 15) is 19.2 Å². The molecule has 0 spiro atoms.